The Labute approximate surface area is 191 Å². The Morgan fingerprint density at radius 1 is 1.00 bits per heavy atom. The van der Waals surface area contributed by atoms with Crippen LogP contribution in [0.5, 0.6) is 0 Å². The monoisotopic (exact) mass is 493 g/mol. The second-order valence-electron chi connectivity index (χ2n) is 6.55. The van der Waals surface area contributed by atoms with Gasteiger partial charge < -0.3 is 4.42 Å². The second kappa shape index (κ2) is 8.12. The highest BCUT2D eigenvalue weighted by Crippen LogP contribution is 2.32. The van der Waals surface area contributed by atoms with Crippen LogP contribution in [0.2, 0.25) is 10.0 Å². The maximum Gasteiger partial charge on any atom is 0.396 e. The topological polar surface area (TPSA) is 84.7 Å². The van der Waals surface area contributed by atoms with E-state index in [-0.39, 0.29) is 26.2 Å². The molecule has 0 fully saturated rings. The van der Waals surface area contributed by atoms with Gasteiger partial charge >= 0.3 is 4.94 Å². The molecule has 0 aliphatic carbocycles. The lowest BCUT2D eigenvalue weighted by Crippen LogP contribution is -2.37. The van der Waals surface area contributed by atoms with Crippen molar-refractivity contribution in [3.63, 3.8) is 0 Å². The number of aryl methyl sites for hydroxylation is 1. The summed E-state index contributed by atoms with van der Waals surface area (Å²) >= 11 is 12.8. The maximum absolute atomic E-state index is 13.6. The van der Waals surface area contributed by atoms with Gasteiger partial charge in [-0.25, -0.2) is 13.2 Å². The Balaban J connectivity index is 1.95. The summed E-state index contributed by atoms with van der Waals surface area (Å²) < 4.78 is 33.3. The number of sulfonamides is 1. The third-order valence-electron chi connectivity index (χ3n) is 4.54. The molecule has 0 spiro atoms. The van der Waals surface area contributed by atoms with Crippen LogP contribution in [0.25, 0.3) is 10.3 Å². The molecular formula is C21H13Cl2NO5S2. The number of fused-ring (bicyclic) bond motifs is 1. The van der Waals surface area contributed by atoms with Crippen LogP contribution >= 0.6 is 34.5 Å². The summed E-state index contributed by atoms with van der Waals surface area (Å²) in [6.45, 7) is 1.71. The van der Waals surface area contributed by atoms with Crippen LogP contribution in [0.3, 0.4) is 0 Å². The number of benzene rings is 3. The first-order valence-corrected chi connectivity index (χ1v) is 11.8. The first-order valence-electron chi connectivity index (χ1n) is 8.82. The van der Waals surface area contributed by atoms with Gasteiger partial charge in [0.25, 0.3) is 15.9 Å². The number of halogens is 2. The fraction of sp³-hybridized carbons (Fsp3) is 0.0476. The molecule has 0 bridgehead atoms. The fourth-order valence-electron chi connectivity index (χ4n) is 3.02. The Kier molecular flexibility index (Phi) is 5.65. The van der Waals surface area contributed by atoms with Crippen LogP contribution in [-0.4, -0.2) is 14.3 Å². The lowest BCUT2D eigenvalue weighted by Gasteiger charge is -2.23. The number of carbonyl (C=O) groups excluding carboxylic acids is 1. The van der Waals surface area contributed by atoms with E-state index in [2.05, 4.69) is 0 Å². The van der Waals surface area contributed by atoms with Gasteiger partial charge in [-0.15, -0.1) is 0 Å². The van der Waals surface area contributed by atoms with Gasteiger partial charge in [-0.1, -0.05) is 52.7 Å². The van der Waals surface area contributed by atoms with Gasteiger partial charge in [0.15, 0.2) is 0 Å². The Bertz CT molecular complexity index is 1490. The van der Waals surface area contributed by atoms with E-state index in [1.165, 1.54) is 36.4 Å². The Morgan fingerprint density at radius 3 is 2.45 bits per heavy atom. The number of nitrogens with zero attached hydrogens (tertiary/aromatic N) is 1. The summed E-state index contributed by atoms with van der Waals surface area (Å²) in [5, 5.41) is 0.219. The standard InChI is InChI=1S/C21H13Cl2NO5S2/c1-12-4-2-3-5-15(12)20(25)24(13-6-9-18-19(10-13)30-21(26)29-18)31(27,28)14-7-8-16(22)17(23)11-14/h2-11H,1H3. The highest BCUT2D eigenvalue weighted by molar-refractivity contribution is 7.93. The number of rotatable bonds is 4. The fourth-order valence-corrected chi connectivity index (χ4v) is 5.51. The zero-order valence-corrected chi connectivity index (χ0v) is 19.0. The molecule has 6 nitrogen and oxygen atoms in total. The third kappa shape index (κ3) is 3.99. The molecule has 0 aliphatic heterocycles. The minimum Gasteiger partial charge on any atom is -0.414 e. The molecule has 0 aliphatic rings. The van der Waals surface area contributed by atoms with E-state index in [0.717, 1.165) is 11.3 Å². The van der Waals surface area contributed by atoms with Crippen molar-refractivity contribution >= 4 is 66.4 Å². The quantitative estimate of drug-likeness (QED) is 0.374. The molecule has 3 aromatic carbocycles. The van der Waals surface area contributed by atoms with Crippen molar-refractivity contribution in [3.8, 4) is 0 Å². The van der Waals surface area contributed by atoms with E-state index in [9.17, 15) is 18.0 Å². The van der Waals surface area contributed by atoms with E-state index in [1.807, 2.05) is 0 Å². The molecule has 4 aromatic rings. The van der Waals surface area contributed by atoms with Crippen molar-refractivity contribution in [2.75, 3.05) is 4.31 Å². The van der Waals surface area contributed by atoms with Crippen LogP contribution in [0.1, 0.15) is 15.9 Å². The van der Waals surface area contributed by atoms with Crippen molar-refractivity contribution in [2.24, 2.45) is 0 Å². The van der Waals surface area contributed by atoms with Gasteiger partial charge in [0.2, 0.25) is 0 Å². The molecule has 0 N–H and O–H groups in total. The smallest absolute Gasteiger partial charge is 0.396 e. The predicted octanol–water partition coefficient (Wildman–Crippen LogP) is 5.51. The normalized spacial score (nSPS) is 11.6. The molecule has 1 aromatic heterocycles. The molecule has 31 heavy (non-hydrogen) atoms. The molecule has 1 amide bonds. The summed E-state index contributed by atoms with van der Waals surface area (Å²) in [7, 11) is -4.38. The van der Waals surface area contributed by atoms with Crippen LogP contribution in [0, 0.1) is 6.92 Å². The average Bonchev–Trinajstić information content (AvgIpc) is 3.09. The highest BCUT2D eigenvalue weighted by atomic mass is 35.5. The number of hydrogen-bond acceptors (Lipinski definition) is 6. The van der Waals surface area contributed by atoms with Crippen LogP contribution < -0.4 is 9.24 Å². The summed E-state index contributed by atoms with van der Waals surface area (Å²) in [5.74, 6) is -0.751. The summed E-state index contributed by atoms with van der Waals surface area (Å²) in [4.78, 5) is 24.3. The number of amides is 1. The van der Waals surface area contributed by atoms with Crippen molar-refractivity contribution in [1.29, 1.82) is 0 Å². The largest absolute Gasteiger partial charge is 0.414 e. The molecule has 0 unspecified atom stereocenters. The average molecular weight is 494 g/mol. The van der Waals surface area contributed by atoms with Crippen molar-refractivity contribution in [2.45, 2.75) is 11.8 Å². The Morgan fingerprint density at radius 2 is 1.74 bits per heavy atom. The van der Waals surface area contributed by atoms with Crippen molar-refractivity contribution < 1.29 is 17.6 Å². The Hall–Kier alpha value is -2.65. The van der Waals surface area contributed by atoms with Gasteiger partial charge in [-0.2, -0.15) is 4.31 Å². The number of carbonyl (C=O) groups is 1. The van der Waals surface area contributed by atoms with Gasteiger partial charge in [-0.05, 0) is 55.0 Å². The second-order valence-corrected chi connectivity index (χ2v) is 10.1. The highest BCUT2D eigenvalue weighted by Gasteiger charge is 2.33. The lowest BCUT2D eigenvalue weighted by atomic mass is 10.1. The predicted molar refractivity (Wildman–Crippen MR) is 122 cm³/mol. The zero-order chi connectivity index (χ0) is 22.3. The molecule has 10 heteroatoms. The van der Waals surface area contributed by atoms with E-state index < -0.39 is 20.9 Å². The van der Waals surface area contributed by atoms with E-state index in [0.29, 0.717) is 20.2 Å². The van der Waals surface area contributed by atoms with Gasteiger partial charge in [-0.3, -0.25) is 4.79 Å². The first kappa shape index (κ1) is 21.6. The van der Waals surface area contributed by atoms with Crippen LogP contribution in [0.15, 0.2) is 74.8 Å². The van der Waals surface area contributed by atoms with Crippen molar-refractivity contribution in [1.82, 2.24) is 0 Å². The van der Waals surface area contributed by atoms with Gasteiger partial charge in [0.1, 0.15) is 5.58 Å². The van der Waals surface area contributed by atoms with Gasteiger partial charge in [0.05, 0.1) is 25.3 Å². The minimum absolute atomic E-state index is 0.0366. The first-order chi connectivity index (χ1) is 14.7. The zero-order valence-electron chi connectivity index (χ0n) is 15.8. The number of anilines is 1. The molecular weight excluding hydrogens is 481 g/mol. The van der Waals surface area contributed by atoms with Crippen LogP contribution in [-0.2, 0) is 10.0 Å². The lowest BCUT2D eigenvalue weighted by molar-refractivity contribution is 0.100. The molecule has 0 saturated heterocycles. The summed E-state index contributed by atoms with van der Waals surface area (Å²) in [5.41, 5.74) is 1.18. The van der Waals surface area contributed by atoms with E-state index in [4.69, 9.17) is 27.6 Å². The maximum atomic E-state index is 13.6. The third-order valence-corrected chi connectivity index (χ3v) is 7.77. The molecule has 158 valence electrons. The SMILES string of the molecule is Cc1ccccc1C(=O)N(c1ccc2oc(=O)sc2c1)S(=O)(=O)c1ccc(Cl)c(Cl)c1. The summed E-state index contributed by atoms with van der Waals surface area (Å²) in [6, 6.07) is 14.7. The molecule has 0 atom stereocenters. The molecule has 0 radical (unpaired) electrons. The minimum atomic E-state index is -4.38. The van der Waals surface area contributed by atoms with E-state index in [1.54, 1.807) is 31.2 Å². The molecule has 4 rings (SSSR count). The molecule has 0 saturated carbocycles. The summed E-state index contributed by atoms with van der Waals surface area (Å²) in [6.07, 6.45) is 0. The molecule has 1 heterocycles. The number of hydrogen-bond donors (Lipinski definition) is 0. The van der Waals surface area contributed by atoms with Crippen molar-refractivity contribution in [3.05, 3.63) is 91.6 Å². The van der Waals surface area contributed by atoms with Gasteiger partial charge in [0, 0.05) is 5.56 Å². The van der Waals surface area contributed by atoms with E-state index >= 15 is 0 Å². The van der Waals surface area contributed by atoms with Crippen LogP contribution in [0.4, 0.5) is 5.69 Å².